The van der Waals surface area contributed by atoms with Gasteiger partial charge in [0.1, 0.15) is 11.5 Å². The highest BCUT2D eigenvalue weighted by molar-refractivity contribution is 5.59. The number of hydrogen-bond acceptors (Lipinski definition) is 3. The van der Waals surface area contributed by atoms with E-state index in [1.165, 1.54) is 17.7 Å². The predicted octanol–water partition coefficient (Wildman–Crippen LogP) is 3.77. The van der Waals surface area contributed by atoms with Gasteiger partial charge in [0, 0.05) is 43.4 Å². The summed E-state index contributed by atoms with van der Waals surface area (Å²) < 4.78 is 27.8. The van der Waals surface area contributed by atoms with Crippen LogP contribution in [-0.4, -0.2) is 48.3 Å². The minimum absolute atomic E-state index is 0.243. The zero-order valence-corrected chi connectivity index (χ0v) is 15.1. The molecule has 0 radical (unpaired) electrons. The van der Waals surface area contributed by atoms with Gasteiger partial charge < -0.3 is 10.2 Å². The molecule has 1 N–H and O–H groups in total. The number of halogens is 2. The first-order valence-corrected chi connectivity index (χ1v) is 9.35. The van der Waals surface area contributed by atoms with Gasteiger partial charge >= 0.3 is 0 Å². The monoisotopic (exact) mass is 357 g/mol. The molecule has 2 unspecified atom stereocenters. The summed E-state index contributed by atoms with van der Waals surface area (Å²) >= 11 is 0. The highest BCUT2D eigenvalue weighted by Gasteiger charge is 2.41. The van der Waals surface area contributed by atoms with Crippen LogP contribution < -0.4 is 5.32 Å². The van der Waals surface area contributed by atoms with E-state index >= 15 is 0 Å². The van der Waals surface area contributed by atoms with E-state index in [1.54, 1.807) is 12.1 Å². The molecule has 0 amide bonds. The van der Waals surface area contributed by atoms with Crippen molar-refractivity contribution in [2.45, 2.75) is 36.9 Å². The molecule has 1 saturated carbocycles. The molecular weight excluding hydrogens is 332 g/mol. The molecule has 1 saturated heterocycles. The van der Waals surface area contributed by atoms with E-state index < -0.39 is 5.67 Å². The highest BCUT2D eigenvalue weighted by Crippen LogP contribution is 2.41. The third-order valence-electron chi connectivity index (χ3n) is 5.71. The number of piperidine rings is 1. The van der Waals surface area contributed by atoms with Crippen LogP contribution in [0.15, 0.2) is 42.6 Å². The summed E-state index contributed by atoms with van der Waals surface area (Å²) in [4.78, 5) is 6.70. The molecule has 2 aliphatic rings. The minimum Gasteiger partial charge on any atom is -0.310 e. The second-order valence-electron chi connectivity index (χ2n) is 7.77. The lowest BCUT2D eigenvalue weighted by Crippen LogP contribution is -2.46. The summed E-state index contributed by atoms with van der Waals surface area (Å²) in [5.41, 5.74) is 1.87. The maximum absolute atomic E-state index is 14.8. The molecule has 1 aromatic carbocycles. The molecule has 0 spiro atoms. The number of alkyl halides is 1. The average Bonchev–Trinajstić information content (AvgIpc) is 3.44. The standard InChI is InChI=1S/C21H25F2N3/c1-26-10-8-21(23,9-11-26)14-25-20-12-18(20)16-4-7-19(24-13-16)15-2-5-17(22)6-3-15/h2-7,13,18,20,25H,8-12,14H2,1H3. The molecule has 1 aromatic heterocycles. The molecule has 2 heterocycles. The summed E-state index contributed by atoms with van der Waals surface area (Å²) in [6, 6.07) is 10.8. The molecular formula is C21H25F2N3. The van der Waals surface area contributed by atoms with Crippen LogP contribution in [0.4, 0.5) is 8.78 Å². The quantitative estimate of drug-likeness (QED) is 0.883. The molecule has 2 aromatic rings. The molecule has 138 valence electrons. The summed E-state index contributed by atoms with van der Waals surface area (Å²) in [7, 11) is 2.05. The van der Waals surface area contributed by atoms with Crippen LogP contribution in [0.25, 0.3) is 11.3 Å². The second kappa shape index (κ2) is 7.05. The van der Waals surface area contributed by atoms with E-state index in [9.17, 15) is 8.78 Å². The largest absolute Gasteiger partial charge is 0.310 e. The Kier molecular flexibility index (Phi) is 4.76. The summed E-state index contributed by atoms with van der Waals surface area (Å²) in [6.07, 6.45) is 4.16. The first kappa shape index (κ1) is 17.6. The van der Waals surface area contributed by atoms with Gasteiger partial charge in [0.15, 0.2) is 0 Å². The van der Waals surface area contributed by atoms with E-state index in [4.69, 9.17) is 0 Å². The topological polar surface area (TPSA) is 28.2 Å². The van der Waals surface area contributed by atoms with Crippen LogP contribution in [-0.2, 0) is 0 Å². The first-order valence-electron chi connectivity index (χ1n) is 9.35. The Balaban J connectivity index is 1.31. The van der Waals surface area contributed by atoms with Crippen molar-refractivity contribution in [1.82, 2.24) is 15.2 Å². The molecule has 0 bridgehead atoms. The zero-order valence-electron chi connectivity index (χ0n) is 15.1. The van der Waals surface area contributed by atoms with Gasteiger partial charge in [0.2, 0.25) is 0 Å². The maximum Gasteiger partial charge on any atom is 0.125 e. The van der Waals surface area contributed by atoms with Crippen LogP contribution in [0, 0.1) is 5.82 Å². The van der Waals surface area contributed by atoms with Crippen molar-refractivity contribution in [3.05, 3.63) is 54.0 Å². The fraction of sp³-hybridized carbons (Fsp3) is 0.476. The fourth-order valence-corrected chi connectivity index (χ4v) is 3.72. The maximum atomic E-state index is 14.8. The Morgan fingerprint density at radius 3 is 2.54 bits per heavy atom. The predicted molar refractivity (Wildman–Crippen MR) is 99.3 cm³/mol. The van der Waals surface area contributed by atoms with Crippen molar-refractivity contribution < 1.29 is 8.78 Å². The summed E-state index contributed by atoms with van der Waals surface area (Å²) in [5.74, 6) is 0.173. The Hall–Kier alpha value is -1.85. The van der Waals surface area contributed by atoms with Crippen molar-refractivity contribution >= 4 is 0 Å². The third-order valence-corrected chi connectivity index (χ3v) is 5.71. The van der Waals surface area contributed by atoms with Crippen molar-refractivity contribution in [3.8, 4) is 11.3 Å². The molecule has 5 heteroatoms. The molecule has 2 fully saturated rings. The van der Waals surface area contributed by atoms with Crippen LogP contribution in [0.5, 0.6) is 0 Å². The Morgan fingerprint density at radius 2 is 1.88 bits per heavy atom. The van der Waals surface area contributed by atoms with Gasteiger partial charge in [-0.15, -0.1) is 0 Å². The Labute approximate surface area is 153 Å². The second-order valence-corrected chi connectivity index (χ2v) is 7.77. The average molecular weight is 357 g/mol. The number of likely N-dealkylation sites (tertiary alicyclic amines) is 1. The van der Waals surface area contributed by atoms with Gasteiger partial charge in [0.25, 0.3) is 0 Å². The van der Waals surface area contributed by atoms with E-state index in [-0.39, 0.29) is 5.82 Å². The van der Waals surface area contributed by atoms with E-state index in [1.807, 2.05) is 19.3 Å². The van der Waals surface area contributed by atoms with E-state index in [0.29, 0.717) is 31.3 Å². The van der Waals surface area contributed by atoms with Gasteiger partial charge in [-0.25, -0.2) is 8.78 Å². The van der Waals surface area contributed by atoms with Crippen molar-refractivity contribution in [2.24, 2.45) is 0 Å². The minimum atomic E-state index is -1.07. The smallest absolute Gasteiger partial charge is 0.125 e. The Morgan fingerprint density at radius 1 is 1.15 bits per heavy atom. The molecule has 26 heavy (non-hydrogen) atoms. The van der Waals surface area contributed by atoms with Gasteiger partial charge in [-0.2, -0.15) is 0 Å². The highest BCUT2D eigenvalue weighted by atomic mass is 19.1. The molecule has 4 rings (SSSR count). The van der Waals surface area contributed by atoms with Gasteiger partial charge in [-0.3, -0.25) is 4.98 Å². The van der Waals surface area contributed by atoms with Gasteiger partial charge in [-0.05, 0) is 62.2 Å². The number of pyridine rings is 1. The fourth-order valence-electron chi connectivity index (χ4n) is 3.72. The zero-order chi connectivity index (χ0) is 18.1. The molecule has 1 aliphatic heterocycles. The number of nitrogens with one attached hydrogen (secondary N) is 1. The number of hydrogen-bond donors (Lipinski definition) is 1. The molecule has 1 aliphatic carbocycles. The van der Waals surface area contributed by atoms with Crippen molar-refractivity contribution in [3.63, 3.8) is 0 Å². The number of nitrogens with zero attached hydrogens (tertiary/aromatic N) is 2. The van der Waals surface area contributed by atoms with E-state index in [0.717, 1.165) is 30.8 Å². The van der Waals surface area contributed by atoms with Crippen molar-refractivity contribution in [2.75, 3.05) is 26.7 Å². The first-order chi connectivity index (χ1) is 12.5. The van der Waals surface area contributed by atoms with Crippen LogP contribution in [0.3, 0.4) is 0 Å². The van der Waals surface area contributed by atoms with Crippen LogP contribution >= 0.6 is 0 Å². The SMILES string of the molecule is CN1CCC(F)(CNC2CC2c2ccc(-c3ccc(F)cc3)nc2)CC1. The lowest BCUT2D eigenvalue weighted by Gasteiger charge is -2.34. The Bertz CT molecular complexity index is 737. The summed E-state index contributed by atoms with van der Waals surface area (Å²) in [6.45, 7) is 2.12. The summed E-state index contributed by atoms with van der Waals surface area (Å²) in [5, 5.41) is 3.42. The number of rotatable bonds is 5. The van der Waals surface area contributed by atoms with Crippen molar-refractivity contribution in [1.29, 1.82) is 0 Å². The lowest BCUT2D eigenvalue weighted by molar-refractivity contribution is 0.0685. The van der Waals surface area contributed by atoms with Crippen LogP contribution in [0.1, 0.15) is 30.7 Å². The van der Waals surface area contributed by atoms with E-state index in [2.05, 4.69) is 21.3 Å². The van der Waals surface area contributed by atoms with Gasteiger partial charge in [0.05, 0.1) is 5.69 Å². The molecule has 3 nitrogen and oxygen atoms in total. The normalized spacial score (nSPS) is 25.2. The number of aromatic nitrogens is 1. The molecule has 2 atom stereocenters. The van der Waals surface area contributed by atoms with Gasteiger partial charge in [-0.1, -0.05) is 6.07 Å². The lowest BCUT2D eigenvalue weighted by atomic mass is 9.93. The third kappa shape index (κ3) is 3.94. The number of benzene rings is 1. The van der Waals surface area contributed by atoms with Crippen LogP contribution in [0.2, 0.25) is 0 Å².